The Morgan fingerprint density at radius 2 is 1.46 bits per heavy atom. The van der Waals surface area contributed by atoms with Crippen LogP contribution in [0.2, 0.25) is 0 Å². The number of rotatable bonds is 8. The number of nitrogens with two attached hydrogens (primary N) is 1. The highest BCUT2D eigenvalue weighted by Gasteiger charge is 2.06. The second-order valence-corrected chi connectivity index (χ2v) is 5.97. The van der Waals surface area contributed by atoms with Gasteiger partial charge in [0.2, 0.25) is 5.91 Å². The van der Waals surface area contributed by atoms with E-state index >= 15 is 0 Å². The highest BCUT2D eigenvalue weighted by Crippen LogP contribution is 2.11. The average Bonchev–Trinajstić information content (AvgIpc) is 2.73. The summed E-state index contributed by atoms with van der Waals surface area (Å²) in [4.78, 5) is 26.8. The van der Waals surface area contributed by atoms with Crippen molar-refractivity contribution in [2.45, 2.75) is 13.1 Å². The highest BCUT2D eigenvalue weighted by atomic mass is 16.5. The molecule has 0 fully saturated rings. The van der Waals surface area contributed by atoms with Crippen molar-refractivity contribution in [3.63, 3.8) is 0 Å². The Labute approximate surface area is 164 Å². The van der Waals surface area contributed by atoms with E-state index in [1.165, 1.54) is 0 Å². The van der Waals surface area contributed by atoms with E-state index in [1.807, 2.05) is 36.4 Å². The number of aliphatic imine (C=N–C) groups is 1. The number of benzene rings is 2. The van der Waals surface area contributed by atoms with Crippen molar-refractivity contribution < 1.29 is 14.3 Å². The van der Waals surface area contributed by atoms with E-state index in [9.17, 15) is 9.59 Å². The molecule has 0 aliphatic rings. The van der Waals surface area contributed by atoms with E-state index in [1.54, 1.807) is 26.3 Å². The molecule has 28 heavy (non-hydrogen) atoms. The zero-order valence-corrected chi connectivity index (χ0v) is 16.0. The van der Waals surface area contributed by atoms with Crippen molar-refractivity contribution in [1.82, 2.24) is 16.0 Å². The van der Waals surface area contributed by atoms with Gasteiger partial charge in [-0.05, 0) is 35.4 Å². The molecule has 0 bridgehead atoms. The minimum Gasteiger partial charge on any atom is -0.497 e. The third kappa shape index (κ3) is 6.64. The smallest absolute Gasteiger partial charge is 0.251 e. The highest BCUT2D eigenvalue weighted by molar-refractivity contribution is 5.96. The third-order valence-corrected chi connectivity index (χ3v) is 3.94. The monoisotopic (exact) mass is 383 g/mol. The van der Waals surface area contributed by atoms with Gasteiger partial charge in [0.05, 0.1) is 13.7 Å². The Morgan fingerprint density at radius 1 is 0.929 bits per heavy atom. The molecule has 2 aromatic carbocycles. The summed E-state index contributed by atoms with van der Waals surface area (Å²) in [5.74, 6) is 0.565. The molecule has 0 saturated heterocycles. The molecule has 8 heteroatoms. The maximum Gasteiger partial charge on any atom is 0.251 e. The summed E-state index contributed by atoms with van der Waals surface area (Å²) in [6.07, 6.45) is 0. The van der Waals surface area contributed by atoms with Crippen LogP contribution in [0.4, 0.5) is 0 Å². The van der Waals surface area contributed by atoms with E-state index in [2.05, 4.69) is 20.9 Å². The van der Waals surface area contributed by atoms with Crippen LogP contribution < -0.4 is 26.4 Å². The van der Waals surface area contributed by atoms with Gasteiger partial charge >= 0.3 is 0 Å². The fourth-order valence-electron chi connectivity index (χ4n) is 2.38. The predicted octanol–water partition coefficient (Wildman–Crippen LogP) is 0.776. The SMILES string of the molecule is CN=C(NCc1ccc(OC)cc1)NCc1ccc(C(=O)NCC(N)=O)cc1. The summed E-state index contributed by atoms with van der Waals surface area (Å²) < 4.78 is 5.15. The zero-order chi connectivity index (χ0) is 20.4. The number of primary amides is 1. The second-order valence-electron chi connectivity index (χ2n) is 5.97. The first kappa shape index (κ1) is 20.8. The Balaban J connectivity index is 1.82. The Morgan fingerprint density at radius 3 is 1.93 bits per heavy atom. The lowest BCUT2D eigenvalue weighted by Crippen LogP contribution is -2.36. The zero-order valence-electron chi connectivity index (χ0n) is 16.0. The molecule has 0 saturated carbocycles. The lowest BCUT2D eigenvalue weighted by molar-refractivity contribution is -0.117. The van der Waals surface area contributed by atoms with Gasteiger partial charge in [-0.25, -0.2) is 0 Å². The Kier molecular flexibility index (Phi) is 7.83. The normalized spacial score (nSPS) is 10.9. The second kappa shape index (κ2) is 10.6. The quantitative estimate of drug-likeness (QED) is 0.397. The van der Waals surface area contributed by atoms with Crippen LogP contribution in [0.15, 0.2) is 53.5 Å². The largest absolute Gasteiger partial charge is 0.497 e. The van der Waals surface area contributed by atoms with E-state index in [-0.39, 0.29) is 12.5 Å². The van der Waals surface area contributed by atoms with Crippen LogP contribution in [0.25, 0.3) is 0 Å². The topological polar surface area (TPSA) is 118 Å². The van der Waals surface area contributed by atoms with Crippen LogP contribution in [0.3, 0.4) is 0 Å². The van der Waals surface area contributed by atoms with Crippen LogP contribution in [0.1, 0.15) is 21.5 Å². The molecule has 0 heterocycles. The van der Waals surface area contributed by atoms with E-state index in [0.717, 1.165) is 16.9 Å². The number of amides is 2. The molecule has 8 nitrogen and oxygen atoms in total. The molecule has 5 N–H and O–H groups in total. The summed E-state index contributed by atoms with van der Waals surface area (Å²) in [5.41, 5.74) is 7.57. The molecule has 2 rings (SSSR count). The van der Waals surface area contributed by atoms with Gasteiger partial charge in [0.15, 0.2) is 5.96 Å². The van der Waals surface area contributed by atoms with E-state index < -0.39 is 5.91 Å². The summed E-state index contributed by atoms with van der Waals surface area (Å²) in [7, 11) is 3.34. The number of hydrogen-bond acceptors (Lipinski definition) is 4. The lowest BCUT2D eigenvalue weighted by atomic mass is 10.1. The maximum atomic E-state index is 11.9. The minimum atomic E-state index is -0.581. The molecule has 0 radical (unpaired) electrons. The van der Waals surface area contributed by atoms with Crippen LogP contribution in [-0.4, -0.2) is 38.5 Å². The van der Waals surface area contributed by atoms with Crippen LogP contribution in [-0.2, 0) is 17.9 Å². The molecule has 0 aromatic heterocycles. The first-order valence-electron chi connectivity index (χ1n) is 8.74. The van der Waals surface area contributed by atoms with Gasteiger partial charge in [-0.15, -0.1) is 0 Å². The van der Waals surface area contributed by atoms with Crippen molar-refractivity contribution in [2.75, 3.05) is 20.7 Å². The first-order valence-corrected chi connectivity index (χ1v) is 8.74. The summed E-state index contributed by atoms with van der Waals surface area (Å²) in [6, 6.07) is 14.9. The van der Waals surface area contributed by atoms with Crippen molar-refractivity contribution >= 4 is 17.8 Å². The Bertz CT molecular complexity index is 817. The molecular weight excluding hydrogens is 358 g/mol. The fraction of sp³-hybridized carbons (Fsp3) is 0.250. The number of methoxy groups -OCH3 is 1. The van der Waals surface area contributed by atoms with Crippen LogP contribution in [0, 0.1) is 0 Å². The summed E-state index contributed by atoms with van der Waals surface area (Å²) in [5, 5.41) is 8.91. The summed E-state index contributed by atoms with van der Waals surface area (Å²) >= 11 is 0. The number of nitrogens with zero attached hydrogens (tertiary/aromatic N) is 1. The van der Waals surface area contributed by atoms with Crippen molar-refractivity contribution in [3.05, 3.63) is 65.2 Å². The van der Waals surface area contributed by atoms with Gasteiger partial charge in [-0.2, -0.15) is 0 Å². The number of nitrogens with one attached hydrogen (secondary N) is 3. The minimum absolute atomic E-state index is 0.182. The van der Waals surface area contributed by atoms with Gasteiger partial charge in [0, 0.05) is 25.7 Å². The average molecular weight is 383 g/mol. The molecule has 2 amide bonds. The lowest BCUT2D eigenvalue weighted by Gasteiger charge is -2.12. The Hall–Kier alpha value is -3.55. The van der Waals surface area contributed by atoms with Crippen molar-refractivity contribution in [1.29, 1.82) is 0 Å². The van der Waals surface area contributed by atoms with Gasteiger partial charge < -0.3 is 26.4 Å². The molecule has 0 atom stereocenters. The van der Waals surface area contributed by atoms with Gasteiger partial charge in [0.25, 0.3) is 5.91 Å². The molecular formula is C20H25N5O3. The molecule has 0 unspecified atom stereocenters. The van der Waals surface area contributed by atoms with Crippen molar-refractivity contribution in [2.24, 2.45) is 10.7 Å². The maximum absolute atomic E-state index is 11.9. The summed E-state index contributed by atoms with van der Waals surface area (Å²) in [6.45, 7) is 0.992. The number of carbonyl (C=O) groups is 2. The number of carbonyl (C=O) groups excluding carboxylic acids is 2. The third-order valence-electron chi connectivity index (χ3n) is 3.94. The van der Waals surface area contributed by atoms with E-state index in [4.69, 9.17) is 10.5 Å². The van der Waals surface area contributed by atoms with Gasteiger partial charge in [0.1, 0.15) is 5.75 Å². The van der Waals surface area contributed by atoms with Crippen LogP contribution in [0.5, 0.6) is 5.75 Å². The van der Waals surface area contributed by atoms with Crippen LogP contribution >= 0.6 is 0 Å². The van der Waals surface area contributed by atoms with Crippen molar-refractivity contribution in [3.8, 4) is 5.75 Å². The van der Waals surface area contributed by atoms with Gasteiger partial charge in [-0.1, -0.05) is 24.3 Å². The predicted molar refractivity (Wildman–Crippen MR) is 108 cm³/mol. The van der Waals surface area contributed by atoms with E-state index in [0.29, 0.717) is 24.6 Å². The molecule has 148 valence electrons. The molecule has 0 spiro atoms. The number of ether oxygens (including phenoxy) is 1. The van der Waals surface area contributed by atoms with Gasteiger partial charge in [-0.3, -0.25) is 14.6 Å². The number of hydrogen-bond donors (Lipinski definition) is 4. The molecule has 2 aromatic rings. The first-order chi connectivity index (χ1) is 13.5. The molecule has 0 aliphatic carbocycles. The fourth-order valence-corrected chi connectivity index (χ4v) is 2.38. The molecule has 0 aliphatic heterocycles. The standard InChI is InChI=1S/C20H25N5O3/c1-22-20(25-12-15-5-9-17(28-2)10-6-15)24-11-14-3-7-16(8-4-14)19(27)23-13-18(21)26/h3-10H,11-13H2,1-2H3,(H2,21,26)(H,23,27)(H2,22,24,25). The number of guanidine groups is 1.